The summed E-state index contributed by atoms with van der Waals surface area (Å²) in [5.41, 5.74) is 5.76. The van der Waals surface area contributed by atoms with E-state index in [2.05, 4.69) is 4.98 Å². The minimum Gasteiger partial charge on any atom is -0.461 e. The van der Waals surface area contributed by atoms with Crippen molar-refractivity contribution in [1.82, 2.24) is 9.88 Å². The minimum absolute atomic E-state index is 0.0327. The minimum atomic E-state index is -0.371. The number of benzene rings is 2. The number of rotatable bonds is 7. The highest BCUT2D eigenvalue weighted by atomic mass is 16.5. The van der Waals surface area contributed by atoms with Gasteiger partial charge in [-0.15, -0.1) is 0 Å². The molecule has 1 aromatic heterocycles. The van der Waals surface area contributed by atoms with E-state index in [0.29, 0.717) is 31.0 Å². The third-order valence-electron chi connectivity index (χ3n) is 5.30. The predicted molar refractivity (Wildman–Crippen MR) is 117 cm³/mol. The Labute approximate surface area is 177 Å². The number of aromatic nitrogens is 1. The first-order chi connectivity index (χ1) is 14.4. The van der Waals surface area contributed by atoms with Gasteiger partial charge in [0.25, 0.3) is 5.91 Å². The van der Waals surface area contributed by atoms with E-state index in [4.69, 9.17) is 4.74 Å². The van der Waals surface area contributed by atoms with Crippen LogP contribution in [0, 0.1) is 20.8 Å². The van der Waals surface area contributed by atoms with Crippen LogP contribution in [0.4, 0.5) is 0 Å². The molecule has 0 spiro atoms. The maximum absolute atomic E-state index is 13.5. The molecule has 1 amide bonds. The van der Waals surface area contributed by atoms with Crippen LogP contribution in [0.1, 0.15) is 55.7 Å². The van der Waals surface area contributed by atoms with Gasteiger partial charge in [0.15, 0.2) is 0 Å². The monoisotopic (exact) mass is 404 g/mol. The predicted octanol–water partition coefficient (Wildman–Crippen LogP) is 4.96. The number of esters is 1. The Kier molecular flexibility index (Phi) is 6.72. The molecule has 0 radical (unpaired) electrons. The first kappa shape index (κ1) is 21.4. The molecule has 1 N–H and O–H groups in total. The van der Waals surface area contributed by atoms with Gasteiger partial charge in [-0.2, -0.15) is 0 Å². The molecule has 3 aromatic rings. The van der Waals surface area contributed by atoms with Crippen molar-refractivity contribution < 1.29 is 14.3 Å². The van der Waals surface area contributed by atoms with E-state index in [1.165, 1.54) is 0 Å². The van der Waals surface area contributed by atoms with Gasteiger partial charge in [0.05, 0.1) is 6.61 Å². The molecule has 0 saturated heterocycles. The van der Waals surface area contributed by atoms with Crippen molar-refractivity contribution in [1.29, 1.82) is 0 Å². The molecule has 0 bridgehead atoms. The molecule has 2 aromatic carbocycles. The number of hydrogen-bond donors (Lipinski definition) is 1. The second-order valence-electron chi connectivity index (χ2n) is 7.41. The van der Waals surface area contributed by atoms with Gasteiger partial charge >= 0.3 is 5.97 Å². The lowest BCUT2D eigenvalue weighted by Crippen LogP contribution is -2.31. The third kappa shape index (κ3) is 4.62. The molecular weight excluding hydrogens is 376 g/mol. The molecule has 0 aliphatic carbocycles. The van der Waals surface area contributed by atoms with Gasteiger partial charge in [-0.05, 0) is 56.0 Å². The summed E-state index contributed by atoms with van der Waals surface area (Å²) in [5, 5.41) is 0. The van der Waals surface area contributed by atoms with Gasteiger partial charge < -0.3 is 14.6 Å². The SMILES string of the molecule is CCOC(=O)c1[nH]c(C)c(CN(Cc2ccccc2)C(=O)c2ccccc2C)c1C. The smallest absolute Gasteiger partial charge is 0.355 e. The third-order valence-corrected chi connectivity index (χ3v) is 5.30. The first-order valence-electron chi connectivity index (χ1n) is 10.2. The zero-order valence-corrected chi connectivity index (χ0v) is 18.0. The van der Waals surface area contributed by atoms with E-state index in [0.717, 1.165) is 27.9 Å². The van der Waals surface area contributed by atoms with Crippen molar-refractivity contribution in [2.24, 2.45) is 0 Å². The van der Waals surface area contributed by atoms with Crippen molar-refractivity contribution in [3.05, 3.63) is 93.8 Å². The summed E-state index contributed by atoms with van der Waals surface area (Å²) in [6.07, 6.45) is 0. The summed E-state index contributed by atoms with van der Waals surface area (Å²) in [4.78, 5) is 30.7. The van der Waals surface area contributed by atoms with Crippen LogP contribution in [0.25, 0.3) is 0 Å². The molecule has 5 heteroatoms. The molecule has 0 atom stereocenters. The Hall–Kier alpha value is -3.34. The van der Waals surface area contributed by atoms with Crippen LogP contribution in [0.5, 0.6) is 0 Å². The van der Waals surface area contributed by atoms with E-state index >= 15 is 0 Å². The van der Waals surface area contributed by atoms with Crippen LogP contribution in [0.2, 0.25) is 0 Å². The Balaban J connectivity index is 1.96. The van der Waals surface area contributed by atoms with Crippen LogP contribution in [0.3, 0.4) is 0 Å². The maximum atomic E-state index is 13.5. The standard InChI is InChI=1S/C25H28N2O3/c1-5-30-25(29)23-18(3)22(19(4)26-23)16-27(15-20-12-7-6-8-13-20)24(28)21-14-10-9-11-17(21)2/h6-14,26H,5,15-16H2,1-4H3. The average Bonchev–Trinajstić information content (AvgIpc) is 3.02. The second-order valence-corrected chi connectivity index (χ2v) is 7.41. The van der Waals surface area contributed by atoms with Gasteiger partial charge in [-0.1, -0.05) is 48.5 Å². The molecule has 1 heterocycles. The molecule has 0 fully saturated rings. The van der Waals surface area contributed by atoms with E-state index in [-0.39, 0.29) is 11.9 Å². The van der Waals surface area contributed by atoms with Crippen LogP contribution < -0.4 is 0 Å². The van der Waals surface area contributed by atoms with Crippen molar-refractivity contribution in [2.45, 2.75) is 40.8 Å². The highest BCUT2D eigenvalue weighted by Gasteiger charge is 2.23. The van der Waals surface area contributed by atoms with Crippen LogP contribution in [-0.4, -0.2) is 28.4 Å². The molecular formula is C25H28N2O3. The van der Waals surface area contributed by atoms with Crippen molar-refractivity contribution in [2.75, 3.05) is 6.61 Å². The number of aryl methyl sites for hydroxylation is 2. The summed E-state index contributed by atoms with van der Waals surface area (Å²) in [7, 11) is 0. The Bertz CT molecular complexity index is 1040. The fourth-order valence-electron chi connectivity index (χ4n) is 3.61. The van der Waals surface area contributed by atoms with Gasteiger partial charge in [0.2, 0.25) is 0 Å². The number of H-pyrrole nitrogens is 1. The first-order valence-corrected chi connectivity index (χ1v) is 10.2. The van der Waals surface area contributed by atoms with Crippen molar-refractivity contribution >= 4 is 11.9 Å². The van der Waals surface area contributed by atoms with E-state index < -0.39 is 0 Å². The van der Waals surface area contributed by atoms with Gasteiger partial charge in [0.1, 0.15) is 5.69 Å². The molecule has 5 nitrogen and oxygen atoms in total. The largest absolute Gasteiger partial charge is 0.461 e. The Morgan fingerprint density at radius 2 is 1.60 bits per heavy atom. The van der Waals surface area contributed by atoms with Crippen molar-refractivity contribution in [3.8, 4) is 0 Å². The molecule has 30 heavy (non-hydrogen) atoms. The number of aromatic amines is 1. The highest BCUT2D eigenvalue weighted by Crippen LogP contribution is 2.23. The van der Waals surface area contributed by atoms with Crippen molar-refractivity contribution in [3.63, 3.8) is 0 Å². The lowest BCUT2D eigenvalue weighted by Gasteiger charge is -2.24. The molecule has 0 aliphatic heterocycles. The van der Waals surface area contributed by atoms with Gasteiger partial charge in [-0.25, -0.2) is 4.79 Å². The summed E-state index contributed by atoms with van der Waals surface area (Å²) in [6, 6.07) is 17.5. The number of amides is 1. The Morgan fingerprint density at radius 1 is 0.933 bits per heavy atom. The summed E-state index contributed by atoms with van der Waals surface area (Å²) in [5.74, 6) is -0.404. The van der Waals surface area contributed by atoms with Crippen LogP contribution in [-0.2, 0) is 17.8 Å². The summed E-state index contributed by atoms with van der Waals surface area (Å²) in [6.45, 7) is 8.74. The fourth-order valence-corrected chi connectivity index (χ4v) is 3.61. The average molecular weight is 405 g/mol. The second kappa shape index (κ2) is 9.44. The van der Waals surface area contributed by atoms with E-state index in [9.17, 15) is 9.59 Å². The molecule has 0 unspecified atom stereocenters. The molecule has 0 saturated carbocycles. The topological polar surface area (TPSA) is 62.4 Å². The zero-order valence-electron chi connectivity index (χ0n) is 18.0. The molecule has 156 valence electrons. The lowest BCUT2D eigenvalue weighted by molar-refractivity contribution is 0.0519. The number of carbonyl (C=O) groups is 2. The van der Waals surface area contributed by atoms with Gasteiger partial charge in [-0.3, -0.25) is 4.79 Å². The normalized spacial score (nSPS) is 10.7. The number of hydrogen-bond acceptors (Lipinski definition) is 3. The highest BCUT2D eigenvalue weighted by molar-refractivity contribution is 5.95. The maximum Gasteiger partial charge on any atom is 0.355 e. The quantitative estimate of drug-likeness (QED) is 0.566. The Morgan fingerprint density at radius 3 is 2.27 bits per heavy atom. The number of ether oxygens (including phenoxy) is 1. The van der Waals surface area contributed by atoms with E-state index in [1.807, 2.05) is 80.3 Å². The summed E-state index contributed by atoms with van der Waals surface area (Å²) < 4.78 is 5.16. The van der Waals surface area contributed by atoms with Crippen LogP contribution >= 0.6 is 0 Å². The fraction of sp³-hybridized carbons (Fsp3) is 0.280. The lowest BCUT2D eigenvalue weighted by atomic mass is 10.0. The van der Waals surface area contributed by atoms with Crippen LogP contribution in [0.15, 0.2) is 54.6 Å². The number of carbonyl (C=O) groups excluding carboxylic acids is 2. The summed E-state index contributed by atoms with van der Waals surface area (Å²) >= 11 is 0. The van der Waals surface area contributed by atoms with E-state index in [1.54, 1.807) is 6.92 Å². The zero-order chi connectivity index (χ0) is 21.7. The molecule has 3 rings (SSSR count). The number of nitrogens with one attached hydrogen (secondary N) is 1. The van der Waals surface area contributed by atoms with Gasteiger partial charge in [0, 0.05) is 24.3 Å². The molecule has 0 aliphatic rings. The number of nitrogens with zero attached hydrogens (tertiary/aromatic N) is 1.